The number of fused-ring (bicyclic) bond motifs is 1. The molecule has 2 aliphatic heterocycles. The molecule has 1 aliphatic carbocycles. The normalized spacial score (nSPS) is 23.3. The lowest BCUT2D eigenvalue weighted by Gasteiger charge is -2.42. The number of piperidine rings is 1. The van der Waals surface area contributed by atoms with Gasteiger partial charge in [0.1, 0.15) is 21.5 Å². The molecule has 2 fully saturated rings. The maximum Gasteiger partial charge on any atom is 0.446 e. The Bertz CT molecular complexity index is 1140. The molecule has 5 rings (SSSR count). The van der Waals surface area contributed by atoms with Gasteiger partial charge in [-0.2, -0.15) is 26.9 Å². The maximum atomic E-state index is 14.3. The fraction of sp³-hybridized carbons (Fsp3) is 0.565. The molecule has 2 N–H and O–H groups in total. The van der Waals surface area contributed by atoms with Crippen LogP contribution in [0.5, 0.6) is 0 Å². The van der Waals surface area contributed by atoms with E-state index in [-0.39, 0.29) is 51.5 Å². The Morgan fingerprint density at radius 2 is 1.81 bits per heavy atom. The first-order valence-electron chi connectivity index (χ1n) is 11.7. The highest BCUT2D eigenvalue weighted by molar-refractivity contribution is 8.00. The summed E-state index contributed by atoms with van der Waals surface area (Å²) in [6.45, 7) is 0.884. The standard InChI is InChI=1S/C23H25F5N4O2S2/c24-22(25)12-17-18(36(22)34)19(31-21(13-33)8-1-9-21)30-20(29-17)32-10-6-15(7-11-32)14-2-4-16(5-3-14)35-23(26,27)28/h2-5,15,33H,1,6-13H2,(H,29,30,31)/t36-/m1/s1. The first-order chi connectivity index (χ1) is 17.0. The summed E-state index contributed by atoms with van der Waals surface area (Å²) in [6, 6.07) is 6.37. The van der Waals surface area contributed by atoms with E-state index < -0.39 is 33.5 Å². The molecular formula is C23H25F5N4O2S2. The summed E-state index contributed by atoms with van der Waals surface area (Å²) in [6.07, 6.45) is 2.86. The molecule has 6 nitrogen and oxygen atoms in total. The molecule has 2 aromatic rings. The van der Waals surface area contributed by atoms with E-state index in [1.165, 1.54) is 12.1 Å². The van der Waals surface area contributed by atoms with E-state index in [9.17, 15) is 31.3 Å². The van der Waals surface area contributed by atoms with Crippen LogP contribution in [0.1, 0.15) is 49.3 Å². The summed E-state index contributed by atoms with van der Waals surface area (Å²) in [4.78, 5) is 10.8. The van der Waals surface area contributed by atoms with E-state index in [1.54, 1.807) is 12.1 Å². The van der Waals surface area contributed by atoms with Crippen molar-refractivity contribution in [2.24, 2.45) is 0 Å². The fourth-order valence-electron chi connectivity index (χ4n) is 4.97. The van der Waals surface area contributed by atoms with Crippen LogP contribution in [0.2, 0.25) is 0 Å². The summed E-state index contributed by atoms with van der Waals surface area (Å²) < 4.78 is 78.9. The van der Waals surface area contributed by atoms with E-state index in [0.717, 1.165) is 12.0 Å². The number of aromatic nitrogens is 2. The Morgan fingerprint density at radius 3 is 2.36 bits per heavy atom. The number of benzene rings is 1. The van der Waals surface area contributed by atoms with Crippen molar-refractivity contribution in [1.29, 1.82) is 0 Å². The Kier molecular flexibility index (Phi) is 6.69. The molecular weight excluding hydrogens is 523 g/mol. The van der Waals surface area contributed by atoms with Crippen molar-refractivity contribution < 1.29 is 31.3 Å². The summed E-state index contributed by atoms with van der Waals surface area (Å²) in [7, 11) is -2.58. The molecule has 0 amide bonds. The van der Waals surface area contributed by atoms with Crippen molar-refractivity contribution >= 4 is 34.3 Å². The van der Waals surface area contributed by atoms with Gasteiger partial charge in [0.2, 0.25) is 5.95 Å². The number of rotatable bonds is 6. The van der Waals surface area contributed by atoms with Crippen LogP contribution >= 0.6 is 11.8 Å². The third-order valence-electron chi connectivity index (χ3n) is 7.11. The van der Waals surface area contributed by atoms with Crippen LogP contribution in [-0.4, -0.2) is 55.3 Å². The van der Waals surface area contributed by atoms with Crippen LogP contribution in [0.4, 0.5) is 33.7 Å². The lowest BCUT2D eigenvalue weighted by molar-refractivity contribution is -0.0328. The van der Waals surface area contributed by atoms with Crippen LogP contribution in [0.15, 0.2) is 34.1 Å². The lowest BCUT2D eigenvalue weighted by atomic mass is 9.77. The fourth-order valence-corrected chi connectivity index (χ4v) is 6.68. The van der Waals surface area contributed by atoms with Crippen LogP contribution in [0.3, 0.4) is 0 Å². The minimum absolute atomic E-state index is 0.0538. The van der Waals surface area contributed by atoms with Crippen molar-refractivity contribution in [2.75, 3.05) is 29.9 Å². The van der Waals surface area contributed by atoms with Crippen LogP contribution in [0.25, 0.3) is 0 Å². The third-order valence-corrected chi connectivity index (χ3v) is 9.34. The van der Waals surface area contributed by atoms with Gasteiger partial charge in [-0.15, -0.1) is 0 Å². The molecule has 1 aromatic carbocycles. The van der Waals surface area contributed by atoms with Gasteiger partial charge < -0.3 is 15.3 Å². The molecule has 0 spiro atoms. The minimum Gasteiger partial charge on any atom is -0.394 e. The number of nitrogens with one attached hydrogen (secondary N) is 1. The zero-order chi connectivity index (χ0) is 25.7. The van der Waals surface area contributed by atoms with Crippen LogP contribution < -0.4 is 10.2 Å². The number of hydrogen-bond donors (Lipinski definition) is 2. The molecule has 1 aromatic heterocycles. The zero-order valence-electron chi connectivity index (χ0n) is 19.2. The number of alkyl halides is 5. The Labute approximate surface area is 211 Å². The highest BCUT2D eigenvalue weighted by atomic mass is 32.2. The highest BCUT2D eigenvalue weighted by Gasteiger charge is 2.50. The van der Waals surface area contributed by atoms with Crippen LogP contribution in [-0.2, 0) is 17.2 Å². The van der Waals surface area contributed by atoms with E-state index in [0.29, 0.717) is 38.8 Å². The SMILES string of the molecule is O=[S@@]1c2c(nc(N3CCC(c4ccc(SC(F)(F)F)cc4)CC3)nc2NC2(CO)CCC2)CC1(F)F. The predicted molar refractivity (Wildman–Crippen MR) is 127 cm³/mol. The number of halogens is 5. The lowest BCUT2D eigenvalue weighted by Crippen LogP contribution is -2.49. The molecule has 13 heteroatoms. The van der Waals surface area contributed by atoms with Gasteiger partial charge in [0.05, 0.1) is 24.3 Å². The number of aliphatic hydroxyl groups is 1. The van der Waals surface area contributed by atoms with Gasteiger partial charge in [0.15, 0.2) is 0 Å². The van der Waals surface area contributed by atoms with Crippen molar-refractivity contribution in [2.45, 2.75) is 70.5 Å². The molecule has 1 saturated heterocycles. The maximum absolute atomic E-state index is 14.3. The average molecular weight is 549 g/mol. The number of anilines is 2. The second-order valence-corrected chi connectivity index (χ2v) is 12.2. The Morgan fingerprint density at radius 1 is 1.14 bits per heavy atom. The van der Waals surface area contributed by atoms with Gasteiger partial charge in [-0.05, 0) is 67.5 Å². The molecule has 36 heavy (non-hydrogen) atoms. The van der Waals surface area contributed by atoms with Gasteiger partial charge in [-0.1, -0.05) is 12.1 Å². The van der Waals surface area contributed by atoms with E-state index >= 15 is 0 Å². The van der Waals surface area contributed by atoms with Crippen molar-refractivity contribution in [3.8, 4) is 0 Å². The molecule has 0 radical (unpaired) electrons. The summed E-state index contributed by atoms with van der Waals surface area (Å²) in [5, 5.41) is 9.53. The predicted octanol–water partition coefficient (Wildman–Crippen LogP) is 5.06. The third kappa shape index (κ3) is 5.06. The average Bonchev–Trinajstić information content (AvgIpc) is 3.04. The molecule has 196 valence electrons. The Hall–Kier alpha value is -1.99. The topological polar surface area (TPSA) is 78.4 Å². The van der Waals surface area contributed by atoms with Gasteiger partial charge in [-0.3, -0.25) is 0 Å². The first kappa shape index (κ1) is 25.7. The number of nitrogens with zero attached hydrogens (tertiary/aromatic N) is 3. The number of aliphatic hydroxyl groups excluding tert-OH is 1. The number of hydrogen-bond acceptors (Lipinski definition) is 7. The molecule has 3 aliphatic rings. The molecule has 0 bridgehead atoms. The molecule has 1 atom stereocenters. The van der Waals surface area contributed by atoms with Crippen molar-refractivity contribution in [3.05, 3.63) is 35.5 Å². The summed E-state index contributed by atoms with van der Waals surface area (Å²) in [5.74, 6) is 0.510. The van der Waals surface area contributed by atoms with Gasteiger partial charge in [0, 0.05) is 18.0 Å². The van der Waals surface area contributed by atoms with Gasteiger partial charge in [0.25, 0.3) is 0 Å². The first-order valence-corrected chi connectivity index (χ1v) is 13.7. The highest BCUT2D eigenvalue weighted by Crippen LogP contribution is 2.44. The minimum atomic E-state index is -4.33. The van der Waals surface area contributed by atoms with E-state index in [1.807, 2.05) is 4.90 Å². The Balaban J connectivity index is 1.33. The monoisotopic (exact) mass is 548 g/mol. The van der Waals surface area contributed by atoms with E-state index in [4.69, 9.17) is 0 Å². The largest absolute Gasteiger partial charge is 0.446 e. The molecule has 3 heterocycles. The number of thioether (sulfide) groups is 1. The van der Waals surface area contributed by atoms with Crippen molar-refractivity contribution in [3.63, 3.8) is 0 Å². The van der Waals surface area contributed by atoms with Crippen LogP contribution in [0, 0.1) is 0 Å². The zero-order valence-corrected chi connectivity index (χ0v) is 20.8. The summed E-state index contributed by atoms with van der Waals surface area (Å²) in [5.41, 5.74) is -3.99. The van der Waals surface area contributed by atoms with E-state index in [2.05, 4.69) is 15.3 Å². The van der Waals surface area contributed by atoms with Crippen molar-refractivity contribution in [1.82, 2.24) is 9.97 Å². The molecule has 0 unspecified atom stereocenters. The second-order valence-electron chi connectivity index (χ2n) is 9.53. The quantitative estimate of drug-likeness (QED) is 0.386. The van der Waals surface area contributed by atoms with Gasteiger partial charge >= 0.3 is 10.8 Å². The van der Waals surface area contributed by atoms with Gasteiger partial charge in [-0.25, -0.2) is 9.19 Å². The molecule has 1 saturated carbocycles. The smallest absolute Gasteiger partial charge is 0.394 e. The summed E-state index contributed by atoms with van der Waals surface area (Å²) >= 11 is -0.146. The second kappa shape index (κ2) is 9.39.